The zero-order valence-electron chi connectivity index (χ0n) is 27.3. The van der Waals surface area contributed by atoms with E-state index in [4.69, 9.17) is 56.7 Å². The Morgan fingerprint density at radius 1 is 1.07 bits per heavy atom. The largest absolute Gasteiger partial charge is 0.427 e. The molecule has 4 atom stereocenters. The lowest BCUT2D eigenvalue weighted by molar-refractivity contribution is -0.0698. The predicted molar refractivity (Wildman–Crippen MR) is 182 cm³/mol. The molecule has 0 aliphatic carbocycles. The summed E-state index contributed by atoms with van der Waals surface area (Å²) in [5, 5.41) is 10.9. The number of rotatable bonds is 7. The quantitative estimate of drug-likeness (QED) is 0.161. The van der Waals surface area contributed by atoms with E-state index in [1.54, 1.807) is 28.8 Å². The molecule has 0 saturated carbocycles. The zero-order chi connectivity index (χ0) is 33.6. The summed E-state index contributed by atoms with van der Waals surface area (Å²) in [6.07, 6.45) is -1.52. The summed E-state index contributed by atoms with van der Waals surface area (Å²) in [6, 6.07) is 11.3. The van der Waals surface area contributed by atoms with E-state index in [-0.39, 0.29) is 56.3 Å². The molecule has 46 heavy (non-hydrogen) atoms. The number of imidazole rings is 1. The minimum atomic E-state index is -3.23. The van der Waals surface area contributed by atoms with E-state index in [0.29, 0.717) is 5.75 Å². The minimum Gasteiger partial charge on any atom is -0.427 e. The van der Waals surface area contributed by atoms with Gasteiger partial charge in [0, 0.05) is 12.2 Å². The van der Waals surface area contributed by atoms with Crippen molar-refractivity contribution in [3.63, 3.8) is 0 Å². The second-order valence-electron chi connectivity index (χ2n) is 12.9. The molecule has 1 aromatic carbocycles. The number of para-hydroxylation sites is 1. The Balaban J connectivity index is 1.70. The number of fused-ring (bicyclic) bond motifs is 2. The number of nitriles is 1. The van der Waals surface area contributed by atoms with Gasteiger partial charge in [-0.2, -0.15) is 15.2 Å². The van der Waals surface area contributed by atoms with Crippen molar-refractivity contribution < 1.29 is 27.2 Å². The average molecular weight is 705 g/mol. The van der Waals surface area contributed by atoms with Crippen molar-refractivity contribution in [1.82, 2.24) is 19.5 Å². The third-order valence-electron chi connectivity index (χ3n) is 8.77. The molecule has 2 aliphatic heterocycles. The van der Waals surface area contributed by atoms with E-state index in [0.717, 1.165) is 0 Å². The molecule has 0 amide bonds. The second kappa shape index (κ2) is 13.1. The first kappa shape index (κ1) is 34.6. The number of benzene rings is 1. The Morgan fingerprint density at radius 3 is 2.28 bits per heavy atom. The van der Waals surface area contributed by atoms with Crippen LogP contribution >= 0.6 is 23.8 Å². The van der Waals surface area contributed by atoms with Crippen LogP contribution in [0.3, 0.4) is 0 Å². The smallest absolute Gasteiger partial charge is 0.359 e. The Morgan fingerprint density at radius 2 is 1.70 bits per heavy atom. The fraction of sp³-hybridized carbons (Fsp3) is 0.567. The van der Waals surface area contributed by atoms with Crippen LogP contribution in [0, 0.1) is 11.3 Å². The Hall–Kier alpha value is -2.69. The van der Waals surface area contributed by atoms with E-state index in [1.165, 1.54) is 6.33 Å². The van der Waals surface area contributed by atoms with Crippen molar-refractivity contribution in [3.05, 3.63) is 41.8 Å². The lowest BCUT2D eigenvalue weighted by Crippen LogP contribution is -2.67. The molecule has 2 aliphatic rings. The van der Waals surface area contributed by atoms with Crippen molar-refractivity contribution in [3.8, 4) is 11.8 Å². The molecule has 248 valence electrons. The molecule has 2 fully saturated rings. The highest BCUT2D eigenvalue weighted by atomic mass is 35.5. The van der Waals surface area contributed by atoms with Crippen LogP contribution in [-0.4, -0.2) is 66.3 Å². The van der Waals surface area contributed by atoms with Crippen LogP contribution in [0.25, 0.3) is 11.2 Å². The zero-order valence-corrected chi connectivity index (χ0v) is 30.8. The number of hydrogen-bond acceptors (Lipinski definition) is 12. The third kappa shape index (κ3) is 5.83. The number of nitrogens with two attached hydrogens (primary N) is 1. The van der Waals surface area contributed by atoms with E-state index < -0.39 is 41.2 Å². The van der Waals surface area contributed by atoms with Gasteiger partial charge in [0.25, 0.3) is 5.60 Å². The number of ether oxygens (including phenoxy) is 3. The van der Waals surface area contributed by atoms with Crippen LogP contribution in [0.4, 0.5) is 5.95 Å². The number of thiocarbonyl (C=S) groups is 1. The number of halogens is 1. The number of hydrogen-bond donors (Lipinski definition) is 1. The molecule has 12 nitrogen and oxygen atoms in total. The molecular weight excluding hydrogens is 664 g/mol. The topological polar surface area (TPSA) is 149 Å². The van der Waals surface area contributed by atoms with Gasteiger partial charge in [-0.1, -0.05) is 85.2 Å². The maximum Gasteiger partial charge on any atom is 0.359 e. The van der Waals surface area contributed by atoms with Crippen molar-refractivity contribution in [2.45, 2.75) is 102 Å². The molecule has 3 aromatic rings. The molecule has 0 bridgehead atoms. The van der Waals surface area contributed by atoms with Gasteiger partial charge in [0.1, 0.15) is 29.5 Å². The summed E-state index contributed by atoms with van der Waals surface area (Å²) in [4.78, 5) is 12.8. The molecule has 2 saturated heterocycles. The van der Waals surface area contributed by atoms with Gasteiger partial charge in [-0.05, 0) is 34.3 Å². The predicted octanol–water partition coefficient (Wildman–Crippen LogP) is 6.56. The van der Waals surface area contributed by atoms with Gasteiger partial charge in [0.15, 0.2) is 17.0 Å². The number of nitrogens with zero attached hydrogens (tertiary/aromatic N) is 5. The third-order valence-corrected chi connectivity index (χ3v) is 19.4. The fourth-order valence-corrected chi connectivity index (χ4v) is 18.2. The van der Waals surface area contributed by atoms with Crippen LogP contribution in [0.5, 0.6) is 5.75 Å². The van der Waals surface area contributed by atoms with Gasteiger partial charge in [-0.3, -0.25) is 4.57 Å². The van der Waals surface area contributed by atoms with E-state index >= 15 is 0 Å². The Kier molecular flexibility index (Phi) is 9.85. The minimum absolute atomic E-state index is 0.0254. The van der Waals surface area contributed by atoms with Crippen molar-refractivity contribution in [1.29, 1.82) is 5.26 Å². The van der Waals surface area contributed by atoms with Gasteiger partial charge in [-0.25, -0.2) is 4.98 Å². The van der Waals surface area contributed by atoms with E-state index in [1.807, 2.05) is 6.07 Å². The molecule has 1 unspecified atom stereocenters. The molecule has 0 spiro atoms. The SMILES string of the molecule is CC(C)[Si]1(C(C)C)OC[C@H]2O[C@@H](n3cnc4c(Cl)nc(N)nc43)C(C#N)(OC(=S)Oc3ccccc3)[C@@H]2O[Si](C(C)C)(C(C)C)O1. The highest BCUT2D eigenvalue weighted by Gasteiger charge is 2.68. The van der Waals surface area contributed by atoms with Crippen LogP contribution in [-0.2, 0) is 22.4 Å². The molecule has 0 radical (unpaired) electrons. The molecule has 2 N–H and O–H groups in total. The maximum absolute atomic E-state index is 11.2. The van der Waals surface area contributed by atoms with Gasteiger partial charge in [0.05, 0.1) is 12.9 Å². The highest BCUT2D eigenvalue weighted by molar-refractivity contribution is 7.79. The normalized spacial score (nSPS) is 25.8. The van der Waals surface area contributed by atoms with Crippen LogP contribution in [0.2, 0.25) is 27.3 Å². The Labute approximate surface area is 282 Å². The first-order valence-electron chi connectivity index (χ1n) is 15.4. The van der Waals surface area contributed by atoms with E-state index in [2.05, 4.69) is 76.4 Å². The molecule has 2 aromatic heterocycles. The summed E-state index contributed by atoms with van der Waals surface area (Å²) in [5.41, 5.74) is 4.76. The Bertz CT molecular complexity index is 1610. The standard InChI is InChI=1S/C30H41ClN6O6SSi2/c1-17(2)45(18(3)4)38-14-22-24(42-46(43-45,19(5)6)20(7)8)30(15-32,41-29(44)39-21-12-10-9-11-13-21)27(40-22)37-16-34-23-25(31)35-28(33)36-26(23)37/h9-13,16-20,22,24,27H,14H2,1-8H3,(H2,33,35,36)/t22-,24-,27-,30?/m1/s1. The van der Waals surface area contributed by atoms with Crippen LogP contribution in [0.15, 0.2) is 36.7 Å². The average Bonchev–Trinajstić information content (AvgIpc) is 3.51. The van der Waals surface area contributed by atoms with Gasteiger partial charge < -0.3 is 32.9 Å². The van der Waals surface area contributed by atoms with Crippen molar-refractivity contribution in [2.75, 3.05) is 12.3 Å². The number of aromatic nitrogens is 4. The fourth-order valence-electron chi connectivity index (χ4n) is 6.50. The molecule has 16 heteroatoms. The van der Waals surface area contributed by atoms with Crippen molar-refractivity contribution >= 4 is 63.3 Å². The second-order valence-corrected chi connectivity index (χ2v) is 22.4. The lowest BCUT2D eigenvalue weighted by atomic mass is 9.95. The van der Waals surface area contributed by atoms with Crippen LogP contribution < -0.4 is 10.5 Å². The molecule has 4 heterocycles. The van der Waals surface area contributed by atoms with Gasteiger partial charge in [0.2, 0.25) is 5.95 Å². The first-order chi connectivity index (χ1) is 21.7. The summed E-state index contributed by atoms with van der Waals surface area (Å²) in [7, 11) is -6.15. The number of nitrogen functional groups attached to an aromatic ring is 1. The lowest BCUT2D eigenvalue weighted by Gasteiger charge is -2.51. The van der Waals surface area contributed by atoms with Gasteiger partial charge in [-0.15, -0.1) is 0 Å². The van der Waals surface area contributed by atoms with Gasteiger partial charge >= 0.3 is 22.4 Å². The summed E-state index contributed by atoms with van der Waals surface area (Å²) in [6.45, 7) is 17.0. The van der Waals surface area contributed by atoms with Crippen LogP contribution in [0.1, 0.15) is 61.6 Å². The first-order valence-corrected chi connectivity index (χ1v) is 20.1. The molecule has 5 rings (SSSR count). The number of anilines is 1. The molecular formula is C30H41ClN6O6SSi2. The monoisotopic (exact) mass is 704 g/mol. The summed E-state index contributed by atoms with van der Waals surface area (Å²) >= 11 is 12.0. The highest BCUT2D eigenvalue weighted by Crippen LogP contribution is 2.52. The van der Waals surface area contributed by atoms with Crippen molar-refractivity contribution in [2.24, 2.45) is 0 Å². The summed E-state index contributed by atoms with van der Waals surface area (Å²) < 4.78 is 42.2. The summed E-state index contributed by atoms with van der Waals surface area (Å²) in [5.74, 6) is 0.370. The van der Waals surface area contributed by atoms with E-state index in [9.17, 15) is 5.26 Å². The maximum atomic E-state index is 11.2.